The molecule has 1 saturated heterocycles. The monoisotopic (exact) mass is 422 g/mol. The van der Waals surface area contributed by atoms with Crippen molar-refractivity contribution in [1.29, 1.82) is 0 Å². The number of carbonyl (C=O) groups is 3. The smallest absolute Gasteiger partial charge is 0.255 e. The van der Waals surface area contributed by atoms with Gasteiger partial charge in [0.1, 0.15) is 11.5 Å². The van der Waals surface area contributed by atoms with Crippen LogP contribution >= 0.6 is 0 Å². The summed E-state index contributed by atoms with van der Waals surface area (Å²) in [5.74, 6) is 0.536. The van der Waals surface area contributed by atoms with Gasteiger partial charge in [-0.15, -0.1) is 0 Å². The van der Waals surface area contributed by atoms with Crippen molar-refractivity contribution < 1.29 is 23.9 Å². The van der Waals surface area contributed by atoms with Gasteiger partial charge in [0, 0.05) is 11.6 Å². The molecule has 0 aromatic heterocycles. The number of rotatable bonds is 5. The minimum Gasteiger partial charge on any atom is -0.497 e. The SMILES string of the molecule is COc1ccc(OC)c(NC(=O)c2ccc(N3C(=O)[C@@H]4CC[C@H](C)C[C@H]4C3=O)cc2)c1. The maximum Gasteiger partial charge on any atom is 0.255 e. The van der Waals surface area contributed by atoms with Crippen LogP contribution in [0.25, 0.3) is 0 Å². The summed E-state index contributed by atoms with van der Waals surface area (Å²) in [7, 11) is 3.07. The van der Waals surface area contributed by atoms with Gasteiger partial charge in [-0.2, -0.15) is 0 Å². The van der Waals surface area contributed by atoms with E-state index in [0.29, 0.717) is 34.4 Å². The molecule has 3 amide bonds. The Balaban J connectivity index is 1.52. The molecule has 2 fully saturated rings. The number of amides is 3. The molecule has 31 heavy (non-hydrogen) atoms. The van der Waals surface area contributed by atoms with Crippen LogP contribution in [0.1, 0.15) is 36.5 Å². The van der Waals surface area contributed by atoms with Gasteiger partial charge < -0.3 is 14.8 Å². The topological polar surface area (TPSA) is 84.9 Å². The minimum atomic E-state index is -0.334. The van der Waals surface area contributed by atoms with Gasteiger partial charge in [-0.05, 0) is 61.6 Å². The van der Waals surface area contributed by atoms with Crippen molar-refractivity contribution in [3.05, 3.63) is 48.0 Å². The minimum absolute atomic E-state index is 0.125. The van der Waals surface area contributed by atoms with E-state index in [2.05, 4.69) is 12.2 Å². The van der Waals surface area contributed by atoms with Gasteiger partial charge in [-0.3, -0.25) is 19.3 Å². The standard InChI is InChI=1S/C24H26N2O5/c1-14-4-10-18-19(12-14)24(29)26(23(18)28)16-7-5-15(6-8-16)22(27)25-20-13-17(30-2)9-11-21(20)31-3/h5-9,11,13-14,18-19H,4,10,12H2,1-3H3,(H,25,27)/t14-,18+,19+/m0/s1. The summed E-state index contributed by atoms with van der Waals surface area (Å²) in [6.45, 7) is 2.13. The molecule has 0 spiro atoms. The lowest BCUT2D eigenvalue weighted by atomic mass is 9.76. The summed E-state index contributed by atoms with van der Waals surface area (Å²) in [5.41, 5.74) is 1.39. The van der Waals surface area contributed by atoms with Gasteiger partial charge in [0.2, 0.25) is 11.8 Å². The third-order valence-corrected chi connectivity index (χ3v) is 6.23. The van der Waals surface area contributed by atoms with Crippen molar-refractivity contribution in [3.8, 4) is 11.5 Å². The van der Waals surface area contributed by atoms with E-state index in [0.717, 1.165) is 19.3 Å². The number of imide groups is 1. The second-order valence-electron chi connectivity index (χ2n) is 8.21. The van der Waals surface area contributed by atoms with Crippen LogP contribution in [0.5, 0.6) is 11.5 Å². The van der Waals surface area contributed by atoms with Gasteiger partial charge in [0.05, 0.1) is 37.4 Å². The fraction of sp³-hybridized carbons (Fsp3) is 0.375. The molecule has 3 atom stereocenters. The molecule has 0 bridgehead atoms. The Hall–Kier alpha value is -3.35. The van der Waals surface area contributed by atoms with E-state index in [-0.39, 0.29) is 29.6 Å². The number of hydrogen-bond acceptors (Lipinski definition) is 5. The number of hydrogen-bond donors (Lipinski definition) is 1. The fourth-order valence-corrected chi connectivity index (χ4v) is 4.51. The largest absolute Gasteiger partial charge is 0.497 e. The number of anilines is 2. The second-order valence-corrected chi connectivity index (χ2v) is 8.21. The number of methoxy groups -OCH3 is 2. The lowest BCUT2D eigenvalue weighted by Gasteiger charge is -2.25. The van der Waals surface area contributed by atoms with Crippen LogP contribution in [0.4, 0.5) is 11.4 Å². The Morgan fingerprint density at radius 1 is 0.968 bits per heavy atom. The summed E-state index contributed by atoms with van der Waals surface area (Å²) in [4.78, 5) is 39.8. The second kappa shape index (κ2) is 8.41. The number of ether oxygens (including phenoxy) is 2. The van der Waals surface area contributed by atoms with Crippen LogP contribution in [0.2, 0.25) is 0 Å². The van der Waals surface area contributed by atoms with Crippen LogP contribution in [0, 0.1) is 17.8 Å². The molecule has 0 radical (unpaired) electrons. The molecule has 2 aromatic rings. The highest BCUT2D eigenvalue weighted by Gasteiger charge is 2.49. The summed E-state index contributed by atoms with van der Waals surface area (Å²) < 4.78 is 10.5. The molecule has 1 aliphatic heterocycles. The zero-order valence-corrected chi connectivity index (χ0v) is 17.9. The van der Waals surface area contributed by atoms with Gasteiger partial charge in [-0.1, -0.05) is 6.92 Å². The number of benzene rings is 2. The maximum absolute atomic E-state index is 12.9. The summed E-state index contributed by atoms with van der Waals surface area (Å²) in [6.07, 6.45) is 2.49. The molecule has 1 heterocycles. The average Bonchev–Trinajstić information content (AvgIpc) is 3.03. The number of fused-ring (bicyclic) bond motifs is 1. The normalized spacial score (nSPS) is 22.8. The van der Waals surface area contributed by atoms with Crippen LogP contribution in [0.3, 0.4) is 0 Å². The maximum atomic E-state index is 12.9. The van der Waals surface area contributed by atoms with Crippen molar-refractivity contribution in [2.45, 2.75) is 26.2 Å². The van der Waals surface area contributed by atoms with E-state index in [1.54, 1.807) is 49.6 Å². The Bertz CT molecular complexity index is 1020. The van der Waals surface area contributed by atoms with Crippen LogP contribution in [-0.4, -0.2) is 31.9 Å². The van der Waals surface area contributed by atoms with Crippen molar-refractivity contribution in [1.82, 2.24) is 0 Å². The molecule has 1 aliphatic carbocycles. The summed E-state index contributed by atoms with van der Waals surface area (Å²) >= 11 is 0. The predicted octanol–water partition coefficient (Wildman–Crippen LogP) is 3.88. The highest BCUT2D eigenvalue weighted by Crippen LogP contribution is 2.42. The third-order valence-electron chi connectivity index (χ3n) is 6.23. The number of carbonyl (C=O) groups excluding carboxylic acids is 3. The highest BCUT2D eigenvalue weighted by molar-refractivity contribution is 6.22. The van der Waals surface area contributed by atoms with Crippen molar-refractivity contribution in [2.24, 2.45) is 17.8 Å². The molecule has 4 rings (SSSR count). The highest BCUT2D eigenvalue weighted by atomic mass is 16.5. The molecular weight excluding hydrogens is 396 g/mol. The molecular formula is C24H26N2O5. The van der Waals surface area contributed by atoms with E-state index in [4.69, 9.17) is 9.47 Å². The Morgan fingerprint density at radius 3 is 2.35 bits per heavy atom. The first-order chi connectivity index (χ1) is 14.9. The molecule has 7 heteroatoms. The average molecular weight is 422 g/mol. The summed E-state index contributed by atoms with van der Waals surface area (Å²) in [6, 6.07) is 11.6. The van der Waals surface area contributed by atoms with Crippen LogP contribution in [0.15, 0.2) is 42.5 Å². The summed E-state index contributed by atoms with van der Waals surface area (Å²) in [5, 5.41) is 2.81. The van der Waals surface area contributed by atoms with Gasteiger partial charge in [0.25, 0.3) is 5.91 Å². The Morgan fingerprint density at radius 2 is 1.68 bits per heavy atom. The zero-order chi connectivity index (χ0) is 22.1. The van der Waals surface area contributed by atoms with Crippen molar-refractivity contribution in [2.75, 3.05) is 24.4 Å². The van der Waals surface area contributed by atoms with E-state index in [1.807, 2.05) is 0 Å². The predicted molar refractivity (Wildman–Crippen MR) is 116 cm³/mol. The van der Waals surface area contributed by atoms with Crippen LogP contribution < -0.4 is 19.7 Å². The van der Waals surface area contributed by atoms with E-state index >= 15 is 0 Å². The van der Waals surface area contributed by atoms with Gasteiger partial charge >= 0.3 is 0 Å². The van der Waals surface area contributed by atoms with E-state index in [9.17, 15) is 14.4 Å². The Labute approximate surface area is 181 Å². The van der Waals surface area contributed by atoms with Gasteiger partial charge in [0.15, 0.2) is 0 Å². The molecule has 162 valence electrons. The first-order valence-electron chi connectivity index (χ1n) is 10.4. The molecule has 1 N–H and O–H groups in total. The van der Waals surface area contributed by atoms with E-state index in [1.165, 1.54) is 12.0 Å². The Kier molecular flexibility index (Phi) is 5.67. The lowest BCUT2D eigenvalue weighted by molar-refractivity contribution is -0.122. The quantitative estimate of drug-likeness (QED) is 0.739. The lowest BCUT2D eigenvalue weighted by Crippen LogP contribution is -2.30. The molecule has 2 aromatic carbocycles. The number of nitrogens with one attached hydrogen (secondary N) is 1. The molecule has 1 saturated carbocycles. The van der Waals surface area contributed by atoms with Crippen molar-refractivity contribution >= 4 is 29.1 Å². The number of nitrogens with zero attached hydrogens (tertiary/aromatic N) is 1. The molecule has 7 nitrogen and oxygen atoms in total. The molecule has 2 aliphatic rings. The fourth-order valence-electron chi connectivity index (χ4n) is 4.51. The third kappa shape index (κ3) is 3.87. The van der Waals surface area contributed by atoms with Crippen LogP contribution in [-0.2, 0) is 9.59 Å². The van der Waals surface area contributed by atoms with E-state index < -0.39 is 0 Å². The molecule has 0 unspecified atom stereocenters. The first kappa shape index (κ1) is 20.9. The van der Waals surface area contributed by atoms with Crippen molar-refractivity contribution in [3.63, 3.8) is 0 Å². The first-order valence-corrected chi connectivity index (χ1v) is 10.4. The zero-order valence-electron chi connectivity index (χ0n) is 17.9. The van der Waals surface area contributed by atoms with Gasteiger partial charge in [-0.25, -0.2) is 0 Å².